The average Bonchev–Trinajstić information content (AvgIpc) is 2.89. The first-order valence-corrected chi connectivity index (χ1v) is 17.0. The number of hydrogen-bond donors (Lipinski definition) is 0. The summed E-state index contributed by atoms with van der Waals surface area (Å²) < 4.78 is 18.7. The summed E-state index contributed by atoms with van der Waals surface area (Å²) in [5.41, 5.74) is 2.37. The molecule has 0 spiro atoms. The molecular weight excluding hydrogens is 480 g/mol. The van der Waals surface area contributed by atoms with Gasteiger partial charge in [-0.05, 0) is 93.2 Å². The van der Waals surface area contributed by atoms with Gasteiger partial charge in [-0.3, -0.25) is 4.79 Å². The number of carbonyl (C=O) groups is 1. The third kappa shape index (κ3) is 5.30. The van der Waals surface area contributed by atoms with Crippen LogP contribution in [0.4, 0.5) is 0 Å². The van der Waals surface area contributed by atoms with Crippen LogP contribution in [0.15, 0.2) is 21.4 Å². The molecule has 0 N–H and O–H groups in total. The van der Waals surface area contributed by atoms with E-state index in [1.54, 1.807) is 7.11 Å². The summed E-state index contributed by atoms with van der Waals surface area (Å²) in [6, 6.07) is 3.39. The molecule has 0 amide bonds. The molecule has 2 fully saturated rings. The van der Waals surface area contributed by atoms with Gasteiger partial charge in [0.1, 0.15) is 12.0 Å². The highest BCUT2D eigenvalue weighted by Gasteiger charge is 2.59. The Kier molecular flexibility index (Phi) is 9.38. The highest BCUT2D eigenvalue weighted by molar-refractivity contribution is 6.73. The van der Waals surface area contributed by atoms with Crippen molar-refractivity contribution in [2.24, 2.45) is 22.7 Å². The number of ether oxygens (including phenoxy) is 1. The Labute approximate surface area is 225 Å². The summed E-state index contributed by atoms with van der Waals surface area (Å²) in [4.78, 5) is 25.0. The van der Waals surface area contributed by atoms with Crippen LogP contribution in [0.2, 0.25) is 18.1 Å². The number of methoxy groups -OCH3 is 1. The molecule has 2 saturated carbocycles. The molecule has 0 saturated heterocycles. The summed E-state index contributed by atoms with van der Waals surface area (Å²) >= 11 is 0. The van der Waals surface area contributed by atoms with Crippen molar-refractivity contribution in [3.05, 3.63) is 39.3 Å². The predicted molar refractivity (Wildman–Crippen MR) is 153 cm³/mol. The minimum absolute atomic E-state index is 0.0180. The fraction of sp³-hybridized carbons (Fsp3) is 0.742. The van der Waals surface area contributed by atoms with E-state index in [2.05, 4.69) is 41.2 Å². The van der Waals surface area contributed by atoms with Crippen molar-refractivity contribution in [2.75, 3.05) is 7.11 Å². The third-order valence-electron chi connectivity index (χ3n) is 10.7. The Bertz CT molecular complexity index is 1030. The van der Waals surface area contributed by atoms with E-state index >= 15 is 0 Å². The zero-order valence-electron chi connectivity index (χ0n) is 24.6. The van der Waals surface area contributed by atoms with E-state index in [-0.39, 0.29) is 28.3 Å². The fourth-order valence-corrected chi connectivity index (χ4v) is 10.8. The van der Waals surface area contributed by atoms with Crippen molar-refractivity contribution in [3.8, 4) is 5.95 Å². The molecule has 6 heteroatoms. The highest BCUT2D eigenvalue weighted by atomic mass is 28.4. The second-order valence-electron chi connectivity index (χ2n) is 12.2. The van der Waals surface area contributed by atoms with Crippen LogP contribution in [0.3, 0.4) is 0 Å². The van der Waals surface area contributed by atoms with E-state index in [1.807, 2.05) is 13.8 Å². The van der Waals surface area contributed by atoms with E-state index in [0.29, 0.717) is 41.6 Å². The maximum absolute atomic E-state index is 13.4. The average molecular weight is 531 g/mol. The lowest BCUT2D eigenvalue weighted by Gasteiger charge is -2.62. The Balaban J connectivity index is 2.05. The van der Waals surface area contributed by atoms with Crippen LogP contribution >= 0.6 is 0 Å². The Morgan fingerprint density at radius 2 is 1.78 bits per heavy atom. The lowest BCUT2D eigenvalue weighted by Crippen LogP contribution is -2.59. The summed E-state index contributed by atoms with van der Waals surface area (Å²) in [6.07, 6.45) is 7.23. The minimum atomic E-state index is -1.81. The van der Waals surface area contributed by atoms with Gasteiger partial charge in [-0.15, -0.1) is 0 Å². The summed E-state index contributed by atoms with van der Waals surface area (Å²) in [5, 5.41) is 0. The summed E-state index contributed by atoms with van der Waals surface area (Å²) in [7, 11) is -0.242. The van der Waals surface area contributed by atoms with E-state index < -0.39 is 8.32 Å². The number of fused-ring (bicyclic) bond motifs is 1. The van der Waals surface area contributed by atoms with E-state index in [0.717, 1.165) is 56.5 Å². The largest absolute Gasteiger partial charge is 0.468 e. The van der Waals surface area contributed by atoms with Gasteiger partial charge in [-0.1, -0.05) is 46.8 Å². The van der Waals surface area contributed by atoms with Gasteiger partial charge >= 0.3 is 0 Å². The molecule has 5 atom stereocenters. The van der Waals surface area contributed by atoms with Crippen LogP contribution in [-0.4, -0.2) is 27.8 Å². The monoisotopic (exact) mass is 530 g/mol. The first-order chi connectivity index (χ1) is 17.5. The van der Waals surface area contributed by atoms with Crippen LogP contribution in [0.25, 0.3) is 0 Å². The van der Waals surface area contributed by atoms with Crippen molar-refractivity contribution >= 4 is 14.6 Å². The molecule has 0 aromatic carbocycles. The maximum atomic E-state index is 13.4. The topological polar surface area (TPSA) is 65.7 Å². The SMILES string of the molecule is C=C1CC[C@H]2[C@](C)(CCC=O)[C@H](O[Si](CC)(CC)CC)CC[C@@]2(C)[C@@H]1Cc1c(OC)oc(C)c(C)c1=O. The molecule has 1 aromatic heterocycles. The van der Waals surface area contributed by atoms with Gasteiger partial charge in [-0.2, -0.15) is 0 Å². The van der Waals surface area contributed by atoms with Crippen LogP contribution in [0.1, 0.15) is 90.0 Å². The molecule has 37 heavy (non-hydrogen) atoms. The Morgan fingerprint density at radius 3 is 2.35 bits per heavy atom. The molecule has 1 heterocycles. The van der Waals surface area contributed by atoms with Gasteiger partial charge in [0.05, 0.1) is 18.8 Å². The molecule has 0 radical (unpaired) electrons. The van der Waals surface area contributed by atoms with Crippen LogP contribution in [-0.2, 0) is 15.6 Å². The van der Waals surface area contributed by atoms with Crippen molar-refractivity contribution in [1.29, 1.82) is 0 Å². The first kappa shape index (κ1) is 29.9. The molecule has 5 nitrogen and oxygen atoms in total. The summed E-state index contributed by atoms with van der Waals surface area (Å²) in [6.45, 7) is 19.8. The van der Waals surface area contributed by atoms with Crippen LogP contribution in [0.5, 0.6) is 5.95 Å². The molecule has 2 aliphatic carbocycles. The Hall–Kier alpha value is -1.66. The zero-order chi connectivity index (χ0) is 27.6. The van der Waals surface area contributed by atoms with Crippen molar-refractivity contribution in [1.82, 2.24) is 0 Å². The first-order valence-electron chi connectivity index (χ1n) is 14.4. The molecule has 208 valence electrons. The Morgan fingerprint density at radius 1 is 1.14 bits per heavy atom. The summed E-state index contributed by atoms with van der Waals surface area (Å²) in [5.74, 6) is 1.46. The molecule has 1 aromatic rings. The molecule has 2 aliphatic rings. The fourth-order valence-electron chi connectivity index (χ4n) is 7.85. The predicted octanol–water partition coefficient (Wildman–Crippen LogP) is 7.57. The quantitative estimate of drug-likeness (QED) is 0.168. The molecule has 0 unspecified atom stereocenters. The van der Waals surface area contributed by atoms with Crippen molar-refractivity contribution < 1.29 is 18.4 Å². The highest BCUT2D eigenvalue weighted by Crippen LogP contribution is 2.63. The molecule has 0 bridgehead atoms. The molecule has 0 aliphatic heterocycles. The number of allylic oxidation sites excluding steroid dienone is 1. The van der Waals surface area contributed by atoms with Crippen LogP contribution < -0.4 is 10.2 Å². The normalized spacial score (nSPS) is 30.2. The van der Waals surface area contributed by atoms with Gasteiger partial charge in [0, 0.05) is 12.0 Å². The number of rotatable bonds is 11. The standard InChI is InChI=1S/C31H50O5Si/c1-10-37(11-2,12-3)36-27-16-18-30(7)25(20-24-28(33)22(5)23(6)35-29(24)34-9)21(4)14-15-26(30)31(27,8)17-13-19-32/h19,25-27H,4,10-18,20H2,1-3,5-9H3/t25-,26-,27-,30+,31+/m1/s1. The molecular formula is C31H50O5Si. The van der Waals surface area contributed by atoms with Gasteiger partial charge in [-0.25, -0.2) is 0 Å². The van der Waals surface area contributed by atoms with E-state index in [1.165, 1.54) is 5.57 Å². The number of hydrogen-bond acceptors (Lipinski definition) is 5. The lowest BCUT2D eigenvalue weighted by molar-refractivity contribution is -0.134. The van der Waals surface area contributed by atoms with Crippen molar-refractivity contribution in [3.63, 3.8) is 0 Å². The van der Waals surface area contributed by atoms with Gasteiger partial charge in [0.15, 0.2) is 13.7 Å². The number of carbonyl (C=O) groups excluding carboxylic acids is 1. The molecule has 3 rings (SSSR count). The lowest BCUT2D eigenvalue weighted by atomic mass is 9.45. The van der Waals surface area contributed by atoms with E-state index in [9.17, 15) is 9.59 Å². The van der Waals surface area contributed by atoms with Crippen LogP contribution in [0, 0.1) is 36.5 Å². The minimum Gasteiger partial charge on any atom is -0.468 e. The zero-order valence-corrected chi connectivity index (χ0v) is 25.6. The number of aryl methyl sites for hydroxylation is 1. The number of aldehydes is 1. The second kappa shape index (κ2) is 11.6. The second-order valence-corrected chi connectivity index (χ2v) is 16.9. The third-order valence-corrected chi connectivity index (χ3v) is 15.3. The van der Waals surface area contributed by atoms with Crippen molar-refractivity contribution in [2.45, 2.75) is 118 Å². The smallest absolute Gasteiger partial charge is 0.291 e. The van der Waals surface area contributed by atoms with Gasteiger partial charge in [0.25, 0.3) is 5.95 Å². The maximum Gasteiger partial charge on any atom is 0.291 e. The van der Waals surface area contributed by atoms with E-state index in [4.69, 9.17) is 13.6 Å². The van der Waals surface area contributed by atoms with Gasteiger partial charge < -0.3 is 18.4 Å². The van der Waals surface area contributed by atoms with Gasteiger partial charge in [0.2, 0.25) is 0 Å².